The summed E-state index contributed by atoms with van der Waals surface area (Å²) in [5, 5.41) is 0.0961. The van der Waals surface area contributed by atoms with E-state index in [2.05, 4.69) is 20.8 Å². The van der Waals surface area contributed by atoms with Gasteiger partial charge in [-0.25, -0.2) is 0 Å². The number of nitrogens with two attached hydrogens (primary N) is 1. The van der Waals surface area contributed by atoms with E-state index < -0.39 is 0 Å². The van der Waals surface area contributed by atoms with E-state index in [-0.39, 0.29) is 27.5 Å². The predicted octanol–water partition coefficient (Wildman–Crippen LogP) is 2.30. The Bertz CT molecular complexity index is 302. The number of rotatable bonds is 1. The molecule has 3 heteroatoms. The molecule has 3 atom stereocenters. The number of hydrogen-bond acceptors (Lipinski definition) is 1. The van der Waals surface area contributed by atoms with Crippen LogP contribution in [-0.4, -0.2) is 11.3 Å². The molecule has 2 N–H and O–H groups in total. The molecule has 14 heavy (non-hydrogen) atoms. The maximum Gasteiger partial charge on any atom is 0.224 e. The quantitative estimate of drug-likeness (QED) is 0.671. The summed E-state index contributed by atoms with van der Waals surface area (Å²) in [6.07, 6.45) is 2.69. The van der Waals surface area contributed by atoms with Gasteiger partial charge in [-0.15, -0.1) is 11.6 Å². The maximum absolute atomic E-state index is 11.6. The van der Waals surface area contributed by atoms with Crippen molar-refractivity contribution in [1.82, 2.24) is 0 Å². The van der Waals surface area contributed by atoms with E-state index >= 15 is 0 Å². The standard InChI is InChI=1S/C11H18ClNO/c1-9(2)10(3)4-5-11(9,8(13)14)6-7(10)12/h7H,4-6H2,1-3H3,(H2,13,14). The first-order valence-corrected chi connectivity index (χ1v) is 5.66. The molecule has 80 valence electrons. The summed E-state index contributed by atoms with van der Waals surface area (Å²) < 4.78 is 0. The number of primary amides is 1. The normalized spacial score (nSPS) is 49.6. The summed E-state index contributed by atoms with van der Waals surface area (Å²) >= 11 is 6.36. The van der Waals surface area contributed by atoms with Crippen LogP contribution in [-0.2, 0) is 4.79 Å². The van der Waals surface area contributed by atoms with Crippen molar-refractivity contribution in [2.75, 3.05) is 0 Å². The molecule has 0 saturated heterocycles. The van der Waals surface area contributed by atoms with Crippen molar-refractivity contribution in [1.29, 1.82) is 0 Å². The molecule has 2 fully saturated rings. The van der Waals surface area contributed by atoms with Gasteiger partial charge < -0.3 is 5.73 Å². The minimum absolute atomic E-state index is 0.0573. The number of carbonyl (C=O) groups is 1. The van der Waals surface area contributed by atoms with Gasteiger partial charge in [-0.3, -0.25) is 4.79 Å². The molecule has 2 bridgehead atoms. The highest BCUT2D eigenvalue weighted by Gasteiger charge is 2.71. The van der Waals surface area contributed by atoms with Crippen molar-refractivity contribution in [2.24, 2.45) is 22.0 Å². The minimum Gasteiger partial charge on any atom is -0.369 e. The van der Waals surface area contributed by atoms with Gasteiger partial charge in [0.2, 0.25) is 5.91 Å². The minimum atomic E-state index is -0.353. The zero-order valence-electron chi connectivity index (χ0n) is 9.06. The van der Waals surface area contributed by atoms with Gasteiger partial charge in [0, 0.05) is 5.38 Å². The Morgan fingerprint density at radius 3 is 2.14 bits per heavy atom. The summed E-state index contributed by atoms with van der Waals surface area (Å²) in [4.78, 5) is 11.6. The third-order valence-electron chi connectivity index (χ3n) is 5.39. The fourth-order valence-corrected chi connectivity index (χ4v) is 4.26. The summed E-state index contributed by atoms with van der Waals surface area (Å²) in [5.74, 6) is -0.158. The molecule has 2 aliphatic rings. The lowest BCUT2D eigenvalue weighted by Gasteiger charge is -2.39. The Labute approximate surface area is 90.2 Å². The molecule has 2 rings (SSSR count). The zero-order chi connectivity index (χ0) is 10.8. The molecule has 0 radical (unpaired) electrons. The molecule has 1 amide bonds. The Hall–Kier alpha value is -0.240. The number of carbonyl (C=O) groups excluding carboxylic acids is 1. The lowest BCUT2D eigenvalue weighted by Crippen LogP contribution is -2.44. The fourth-order valence-electron chi connectivity index (χ4n) is 3.61. The summed E-state index contributed by atoms with van der Waals surface area (Å²) in [6, 6.07) is 0. The van der Waals surface area contributed by atoms with Gasteiger partial charge in [-0.2, -0.15) is 0 Å². The second-order valence-corrected chi connectivity index (χ2v) is 6.19. The lowest BCUT2D eigenvalue weighted by atomic mass is 9.65. The van der Waals surface area contributed by atoms with E-state index in [0.717, 1.165) is 19.3 Å². The molecule has 3 unspecified atom stereocenters. The van der Waals surface area contributed by atoms with E-state index in [1.165, 1.54) is 0 Å². The van der Waals surface area contributed by atoms with Gasteiger partial charge in [-0.05, 0) is 30.1 Å². The smallest absolute Gasteiger partial charge is 0.224 e. The van der Waals surface area contributed by atoms with Crippen molar-refractivity contribution in [3.8, 4) is 0 Å². The molecular weight excluding hydrogens is 198 g/mol. The monoisotopic (exact) mass is 215 g/mol. The first kappa shape index (κ1) is 10.3. The summed E-state index contributed by atoms with van der Waals surface area (Å²) in [6.45, 7) is 6.49. The van der Waals surface area contributed by atoms with E-state index in [9.17, 15) is 4.79 Å². The average Bonchev–Trinajstić information content (AvgIpc) is 2.34. The van der Waals surface area contributed by atoms with E-state index in [1.54, 1.807) is 0 Å². The Kier molecular flexibility index (Phi) is 1.81. The number of fused-ring (bicyclic) bond motifs is 2. The zero-order valence-corrected chi connectivity index (χ0v) is 9.82. The SMILES string of the molecule is CC12CCC(C(N)=O)(CC1Cl)C2(C)C. The molecule has 2 aliphatic carbocycles. The maximum atomic E-state index is 11.6. The molecule has 0 heterocycles. The van der Waals surface area contributed by atoms with Crippen molar-refractivity contribution in [3.05, 3.63) is 0 Å². The fraction of sp³-hybridized carbons (Fsp3) is 0.909. The number of amides is 1. The summed E-state index contributed by atoms with van der Waals surface area (Å²) in [5.41, 5.74) is 5.23. The molecule has 0 aromatic heterocycles. The second-order valence-electron chi connectivity index (χ2n) is 5.66. The molecule has 2 saturated carbocycles. The van der Waals surface area contributed by atoms with Crippen LogP contribution in [0.5, 0.6) is 0 Å². The van der Waals surface area contributed by atoms with E-state index in [1.807, 2.05) is 0 Å². The molecule has 0 aromatic rings. The van der Waals surface area contributed by atoms with Crippen LogP contribution in [0.15, 0.2) is 0 Å². The van der Waals surface area contributed by atoms with Gasteiger partial charge >= 0.3 is 0 Å². The van der Waals surface area contributed by atoms with Crippen LogP contribution < -0.4 is 5.73 Å². The second kappa shape index (κ2) is 2.46. The van der Waals surface area contributed by atoms with Crippen LogP contribution >= 0.6 is 11.6 Å². The first-order valence-electron chi connectivity index (χ1n) is 5.22. The van der Waals surface area contributed by atoms with Gasteiger partial charge in [0.25, 0.3) is 0 Å². The Morgan fingerprint density at radius 2 is 1.93 bits per heavy atom. The van der Waals surface area contributed by atoms with Crippen molar-refractivity contribution in [3.63, 3.8) is 0 Å². The van der Waals surface area contributed by atoms with Gasteiger partial charge in [0.1, 0.15) is 0 Å². The van der Waals surface area contributed by atoms with E-state index in [0.29, 0.717) is 0 Å². The van der Waals surface area contributed by atoms with Crippen molar-refractivity contribution >= 4 is 17.5 Å². The highest BCUT2D eigenvalue weighted by molar-refractivity contribution is 6.22. The number of halogens is 1. The number of alkyl halides is 1. The third kappa shape index (κ3) is 0.781. The van der Waals surface area contributed by atoms with Crippen LogP contribution in [0.25, 0.3) is 0 Å². The van der Waals surface area contributed by atoms with Gasteiger partial charge in [-0.1, -0.05) is 20.8 Å². The molecular formula is C11H18ClNO. The first-order chi connectivity index (χ1) is 6.28. The predicted molar refractivity (Wildman–Crippen MR) is 57.0 cm³/mol. The van der Waals surface area contributed by atoms with E-state index in [4.69, 9.17) is 17.3 Å². The highest BCUT2D eigenvalue weighted by atomic mass is 35.5. The van der Waals surface area contributed by atoms with Crippen molar-refractivity contribution < 1.29 is 4.79 Å². The molecule has 0 spiro atoms. The van der Waals surface area contributed by atoms with Crippen LogP contribution in [0.4, 0.5) is 0 Å². The van der Waals surface area contributed by atoms with Crippen LogP contribution in [0.2, 0.25) is 0 Å². The topological polar surface area (TPSA) is 43.1 Å². The average molecular weight is 216 g/mol. The lowest BCUT2D eigenvalue weighted by molar-refractivity contribution is -0.132. The Balaban J connectivity index is 2.54. The summed E-state index contributed by atoms with van der Waals surface area (Å²) in [7, 11) is 0. The molecule has 2 nitrogen and oxygen atoms in total. The largest absolute Gasteiger partial charge is 0.369 e. The van der Waals surface area contributed by atoms with Crippen LogP contribution in [0, 0.1) is 16.2 Å². The van der Waals surface area contributed by atoms with Gasteiger partial charge in [0.15, 0.2) is 0 Å². The van der Waals surface area contributed by atoms with Crippen LogP contribution in [0.3, 0.4) is 0 Å². The third-order valence-corrected chi connectivity index (χ3v) is 6.02. The van der Waals surface area contributed by atoms with Crippen molar-refractivity contribution in [2.45, 2.75) is 45.4 Å². The van der Waals surface area contributed by atoms with Gasteiger partial charge in [0.05, 0.1) is 5.41 Å². The Morgan fingerprint density at radius 1 is 1.36 bits per heavy atom. The van der Waals surface area contributed by atoms with Crippen LogP contribution in [0.1, 0.15) is 40.0 Å². The number of hydrogen-bond donors (Lipinski definition) is 1. The highest BCUT2D eigenvalue weighted by Crippen LogP contribution is 2.73. The molecule has 0 aromatic carbocycles. The molecule has 0 aliphatic heterocycles.